The lowest BCUT2D eigenvalue weighted by Crippen LogP contribution is -2.16. The van der Waals surface area contributed by atoms with Gasteiger partial charge < -0.3 is 4.57 Å². The van der Waals surface area contributed by atoms with E-state index in [9.17, 15) is 0 Å². The molecule has 0 aliphatic heterocycles. The number of benzene rings is 2. The second-order valence-corrected chi connectivity index (χ2v) is 7.06. The average Bonchev–Trinajstić information content (AvgIpc) is 2.90. The van der Waals surface area contributed by atoms with Gasteiger partial charge in [0.05, 0.1) is 12.2 Å². The standard InChI is InChI=1S/C20H21N3S/c1-15(2)21-22-20-23(14-17-10-6-4-7-11-17)19(16(3)24-20)18-12-8-5-9-13-18/h4-13H,14H2,1-3H3. The zero-order valence-electron chi connectivity index (χ0n) is 14.2. The summed E-state index contributed by atoms with van der Waals surface area (Å²) in [5, 5.41) is 8.75. The topological polar surface area (TPSA) is 29.6 Å². The molecule has 0 N–H and O–H groups in total. The molecular formula is C20H21N3S. The highest BCUT2D eigenvalue weighted by Crippen LogP contribution is 2.25. The van der Waals surface area contributed by atoms with Gasteiger partial charge in [0.1, 0.15) is 0 Å². The molecule has 1 aromatic heterocycles. The van der Waals surface area contributed by atoms with Gasteiger partial charge >= 0.3 is 0 Å². The van der Waals surface area contributed by atoms with E-state index in [0.717, 1.165) is 17.1 Å². The molecule has 0 saturated carbocycles. The first kappa shape index (κ1) is 16.4. The molecule has 0 atom stereocenters. The molecule has 2 aromatic carbocycles. The molecule has 122 valence electrons. The molecule has 0 unspecified atom stereocenters. The monoisotopic (exact) mass is 335 g/mol. The van der Waals surface area contributed by atoms with Crippen molar-refractivity contribution in [2.75, 3.05) is 0 Å². The summed E-state index contributed by atoms with van der Waals surface area (Å²) >= 11 is 1.69. The second-order valence-electron chi connectivity index (χ2n) is 5.87. The summed E-state index contributed by atoms with van der Waals surface area (Å²) in [6.07, 6.45) is 0. The summed E-state index contributed by atoms with van der Waals surface area (Å²) in [5.41, 5.74) is 4.63. The van der Waals surface area contributed by atoms with Crippen molar-refractivity contribution < 1.29 is 0 Å². The Hall–Kier alpha value is -2.46. The summed E-state index contributed by atoms with van der Waals surface area (Å²) in [4.78, 5) is 2.18. The highest BCUT2D eigenvalue weighted by atomic mass is 32.1. The van der Waals surface area contributed by atoms with E-state index in [4.69, 9.17) is 0 Å². The average molecular weight is 335 g/mol. The fraction of sp³-hybridized carbons (Fsp3) is 0.200. The van der Waals surface area contributed by atoms with Gasteiger partial charge in [0.15, 0.2) is 0 Å². The number of rotatable bonds is 4. The molecule has 4 heteroatoms. The lowest BCUT2D eigenvalue weighted by molar-refractivity contribution is 0.766. The Balaban J connectivity index is 2.18. The van der Waals surface area contributed by atoms with Gasteiger partial charge in [-0.3, -0.25) is 0 Å². The van der Waals surface area contributed by atoms with Gasteiger partial charge in [0.25, 0.3) is 0 Å². The quantitative estimate of drug-likeness (QED) is 0.481. The minimum Gasteiger partial charge on any atom is -0.310 e. The van der Waals surface area contributed by atoms with Crippen molar-refractivity contribution in [3.8, 4) is 11.3 Å². The summed E-state index contributed by atoms with van der Waals surface area (Å²) in [6, 6.07) is 21.0. The Labute approximate surface area is 146 Å². The van der Waals surface area contributed by atoms with Crippen LogP contribution in [0.25, 0.3) is 11.3 Å². The highest BCUT2D eigenvalue weighted by molar-refractivity contribution is 7.09. The number of aromatic nitrogens is 1. The van der Waals surface area contributed by atoms with Crippen molar-refractivity contribution in [2.45, 2.75) is 27.3 Å². The van der Waals surface area contributed by atoms with Crippen LogP contribution in [0.15, 0.2) is 70.9 Å². The summed E-state index contributed by atoms with van der Waals surface area (Å²) in [5.74, 6) is 0. The van der Waals surface area contributed by atoms with Crippen molar-refractivity contribution >= 4 is 17.0 Å². The van der Waals surface area contributed by atoms with Gasteiger partial charge in [-0.05, 0) is 31.9 Å². The third-order valence-corrected chi connectivity index (χ3v) is 4.63. The molecule has 0 saturated heterocycles. The molecule has 0 amide bonds. The van der Waals surface area contributed by atoms with Crippen molar-refractivity contribution in [3.63, 3.8) is 0 Å². The first-order valence-corrected chi connectivity index (χ1v) is 8.81. The van der Waals surface area contributed by atoms with Crippen LogP contribution < -0.4 is 4.80 Å². The summed E-state index contributed by atoms with van der Waals surface area (Å²) in [7, 11) is 0. The van der Waals surface area contributed by atoms with Gasteiger partial charge in [0, 0.05) is 10.6 Å². The van der Waals surface area contributed by atoms with Gasteiger partial charge in [-0.2, -0.15) is 5.10 Å². The minimum absolute atomic E-state index is 0.784. The van der Waals surface area contributed by atoms with E-state index >= 15 is 0 Å². The Kier molecular flexibility index (Phi) is 5.06. The highest BCUT2D eigenvalue weighted by Gasteiger charge is 2.13. The molecule has 0 aliphatic rings. The van der Waals surface area contributed by atoms with Crippen molar-refractivity contribution in [3.05, 3.63) is 75.9 Å². The number of aryl methyl sites for hydroxylation is 1. The van der Waals surface area contributed by atoms with Crippen LogP contribution in [0.1, 0.15) is 24.3 Å². The van der Waals surface area contributed by atoms with E-state index < -0.39 is 0 Å². The maximum atomic E-state index is 4.48. The summed E-state index contributed by atoms with van der Waals surface area (Å²) < 4.78 is 2.26. The van der Waals surface area contributed by atoms with E-state index in [2.05, 4.69) is 70.2 Å². The molecule has 24 heavy (non-hydrogen) atoms. The van der Waals surface area contributed by atoms with Gasteiger partial charge in [-0.25, -0.2) is 0 Å². The molecule has 3 rings (SSSR count). The van der Waals surface area contributed by atoms with E-state index in [-0.39, 0.29) is 0 Å². The van der Waals surface area contributed by atoms with Crippen molar-refractivity contribution in [2.24, 2.45) is 10.2 Å². The predicted octanol–water partition coefficient (Wildman–Crippen LogP) is 4.87. The lowest BCUT2D eigenvalue weighted by Gasteiger charge is -2.10. The van der Waals surface area contributed by atoms with Gasteiger partial charge in [-0.1, -0.05) is 72.0 Å². The molecule has 3 aromatic rings. The largest absolute Gasteiger partial charge is 0.310 e. The number of hydrogen-bond acceptors (Lipinski definition) is 3. The van der Waals surface area contributed by atoms with Crippen LogP contribution in [0.5, 0.6) is 0 Å². The molecule has 0 radical (unpaired) electrons. The van der Waals surface area contributed by atoms with E-state index in [1.807, 2.05) is 26.0 Å². The van der Waals surface area contributed by atoms with Crippen molar-refractivity contribution in [1.29, 1.82) is 0 Å². The number of thiazole rings is 1. The normalized spacial score (nSPS) is 11.5. The Morgan fingerprint density at radius 3 is 2.21 bits per heavy atom. The van der Waals surface area contributed by atoms with Crippen LogP contribution in [0.4, 0.5) is 0 Å². The number of hydrogen-bond donors (Lipinski definition) is 0. The first-order chi connectivity index (χ1) is 11.6. The molecular weight excluding hydrogens is 314 g/mol. The Morgan fingerprint density at radius 2 is 1.58 bits per heavy atom. The maximum Gasteiger partial charge on any atom is 0.211 e. The minimum atomic E-state index is 0.784. The van der Waals surface area contributed by atoms with Crippen LogP contribution in [-0.4, -0.2) is 10.3 Å². The van der Waals surface area contributed by atoms with Gasteiger partial charge in [0.2, 0.25) is 4.80 Å². The number of nitrogens with zero attached hydrogens (tertiary/aromatic N) is 3. The zero-order chi connectivity index (χ0) is 16.9. The van der Waals surface area contributed by atoms with E-state index in [0.29, 0.717) is 0 Å². The van der Waals surface area contributed by atoms with Gasteiger partial charge in [-0.15, -0.1) is 5.10 Å². The van der Waals surface area contributed by atoms with Crippen LogP contribution in [0, 0.1) is 6.92 Å². The molecule has 1 heterocycles. The molecule has 0 bridgehead atoms. The lowest BCUT2D eigenvalue weighted by atomic mass is 10.1. The molecule has 0 spiro atoms. The maximum absolute atomic E-state index is 4.48. The van der Waals surface area contributed by atoms with Crippen LogP contribution >= 0.6 is 11.3 Å². The third-order valence-electron chi connectivity index (χ3n) is 3.64. The van der Waals surface area contributed by atoms with Crippen LogP contribution in [0.3, 0.4) is 0 Å². The Bertz CT molecular complexity index is 899. The van der Waals surface area contributed by atoms with E-state index in [1.165, 1.54) is 21.7 Å². The SMILES string of the molecule is CC(C)=NN=c1sc(C)c(-c2ccccc2)n1Cc1ccccc1. The summed E-state index contributed by atoms with van der Waals surface area (Å²) in [6.45, 7) is 6.86. The first-order valence-electron chi connectivity index (χ1n) is 7.99. The van der Waals surface area contributed by atoms with Crippen LogP contribution in [0.2, 0.25) is 0 Å². The van der Waals surface area contributed by atoms with E-state index in [1.54, 1.807) is 11.3 Å². The molecule has 0 fully saturated rings. The van der Waals surface area contributed by atoms with Crippen molar-refractivity contribution in [1.82, 2.24) is 4.57 Å². The zero-order valence-corrected chi connectivity index (χ0v) is 15.0. The predicted molar refractivity (Wildman–Crippen MR) is 102 cm³/mol. The second kappa shape index (κ2) is 7.41. The Morgan fingerprint density at radius 1 is 0.958 bits per heavy atom. The molecule has 0 aliphatic carbocycles. The fourth-order valence-corrected chi connectivity index (χ4v) is 3.56. The van der Waals surface area contributed by atoms with Crippen LogP contribution in [-0.2, 0) is 6.54 Å². The molecule has 3 nitrogen and oxygen atoms in total. The third kappa shape index (κ3) is 3.71. The fourth-order valence-electron chi connectivity index (χ4n) is 2.61. The smallest absolute Gasteiger partial charge is 0.211 e.